The molecule has 0 spiro atoms. The summed E-state index contributed by atoms with van der Waals surface area (Å²) in [5.74, 6) is -3.71. The number of amides is 3. The zero-order valence-corrected chi connectivity index (χ0v) is 27.4. The van der Waals surface area contributed by atoms with Crippen LogP contribution in [0.25, 0.3) is 0 Å². The minimum Gasteiger partial charge on any atom is -0.547 e. The monoisotopic (exact) mass is 620 g/mol. The molecule has 0 saturated carbocycles. The number of aliphatic hydroxyl groups excluding tert-OH is 2. The number of β-lactam (4-membered cyclic amide) rings is 2. The Balaban J connectivity index is 0.000000260. The molecular weight excluding hydrogens is 587 g/mol. The number of thioether (sulfide) groups is 1. The minimum atomic E-state index is -1.39. The van der Waals surface area contributed by atoms with Crippen molar-refractivity contribution in [3.05, 3.63) is 22.4 Å². The first-order chi connectivity index (χ1) is 18.8. The van der Waals surface area contributed by atoms with Crippen LogP contribution in [0.4, 0.5) is 0 Å². The third kappa shape index (κ3) is 6.26. The van der Waals surface area contributed by atoms with Crippen LogP contribution in [0.3, 0.4) is 0 Å². The molecule has 0 radical (unpaired) electrons. The van der Waals surface area contributed by atoms with Crippen LogP contribution in [0.5, 0.6) is 0 Å². The van der Waals surface area contributed by atoms with E-state index in [1.807, 2.05) is 6.92 Å². The van der Waals surface area contributed by atoms with E-state index in [2.05, 4.69) is 5.32 Å². The van der Waals surface area contributed by atoms with Gasteiger partial charge in [0.15, 0.2) is 6.23 Å². The summed E-state index contributed by atoms with van der Waals surface area (Å²) in [6.07, 6.45) is 0.728. The van der Waals surface area contributed by atoms with E-state index in [9.17, 15) is 39.3 Å². The fourth-order valence-corrected chi connectivity index (χ4v) is 7.28. The van der Waals surface area contributed by atoms with Crippen molar-refractivity contribution in [2.45, 2.75) is 62.4 Å². The molecule has 8 atom stereocenters. The minimum absolute atomic E-state index is 0. The van der Waals surface area contributed by atoms with Gasteiger partial charge in [0.05, 0.1) is 43.1 Å². The molecule has 5 rings (SSSR count). The van der Waals surface area contributed by atoms with E-state index in [1.165, 1.54) is 22.7 Å². The summed E-state index contributed by atoms with van der Waals surface area (Å²) in [5, 5.41) is 42.1. The smallest absolute Gasteiger partial charge is 0.547 e. The van der Waals surface area contributed by atoms with Crippen LogP contribution in [-0.4, -0.2) is 123 Å². The zero-order valence-electron chi connectivity index (χ0n) is 23.5. The molecule has 5 aliphatic rings. The quantitative estimate of drug-likeness (QED) is 0.156. The van der Waals surface area contributed by atoms with Gasteiger partial charge in [-0.25, -0.2) is 4.79 Å². The maximum Gasteiger partial charge on any atom is 1.00 e. The van der Waals surface area contributed by atoms with E-state index in [0.29, 0.717) is 17.9 Å². The molecule has 5 heterocycles. The molecule has 41 heavy (non-hydrogen) atoms. The number of carbonyl (C=O) groups excluding carboxylic acids is 4. The number of ether oxygens (including phenoxy) is 1. The maximum atomic E-state index is 12.3. The standard InChI is InChI=1S/C17H25N3O5S.C8H9NO5.K/c1-7-12-11(8(2)21)16(23)20(12)13(17(24)25)14(7)26-9-5-10(18-6-9)15(22)19(3)4;10-2-1-4-7(8(12)13)9-5(11)3-6(9)14-4;/h7-12,18,21H,5-6H2,1-4H3,(H,24,25);1,6-7,10H,2-3H2,(H,12,13);/q;;+1/p-1/b;4-1-;/t7-,8-,9+,10+,11-,12-;6-,7-;/m11./s1. The number of hydrogen-bond acceptors (Lipinski definition) is 11. The number of aliphatic carboxylic acids is 2. The largest absolute Gasteiger partial charge is 1.00 e. The van der Waals surface area contributed by atoms with Gasteiger partial charge in [-0.2, -0.15) is 0 Å². The van der Waals surface area contributed by atoms with E-state index in [1.54, 1.807) is 25.9 Å². The average Bonchev–Trinajstić information content (AvgIpc) is 3.51. The predicted octanol–water partition coefficient (Wildman–Crippen LogP) is -5.73. The van der Waals surface area contributed by atoms with Gasteiger partial charge >= 0.3 is 57.4 Å². The van der Waals surface area contributed by atoms with Gasteiger partial charge in [0.25, 0.3) is 0 Å². The summed E-state index contributed by atoms with van der Waals surface area (Å²) < 4.78 is 5.13. The van der Waals surface area contributed by atoms with Gasteiger partial charge in [0.2, 0.25) is 17.7 Å². The van der Waals surface area contributed by atoms with Crippen molar-refractivity contribution in [1.82, 2.24) is 20.0 Å². The van der Waals surface area contributed by atoms with E-state index in [-0.39, 0.29) is 117 Å². The number of nitrogens with one attached hydrogen (secondary N) is 1. The summed E-state index contributed by atoms with van der Waals surface area (Å²) in [7, 11) is 3.42. The van der Waals surface area contributed by atoms with Gasteiger partial charge in [-0.05, 0) is 19.4 Å². The number of carboxylic acid groups (broad SMARTS) is 2. The topological polar surface area (TPSA) is 200 Å². The molecule has 220 valence electrons. The second kappa shape index (κ2) is 13.4. The van der Waals surface area contributed by atoms with Crippen LogP contribution >= 0.6 is 11.8 Å². The molecule has 16 heteroatoms. The van der Waals surface area contributed by atoms with Gasteiger partial charge in [-0.3, -0.25) is 19.3 Å². The van der Waals surface area contributed by atoms with Gasteiger partial charge in [-0.1, -0.05) is 6.92 Å². The molecule has 4 saturated heterocycles. The summed E-state index contributed by atoms with van der Waals surface area (Å²) in [4.78, 5) is 62.7. The molecular formula is C25H33KN4O10S. The first-order valence-corrected chi connectivity index (χ1v) is 13.8. The Morgan fingerprint density at radius 1 is 1.29 bits per heavy atom. The zero-order chi connectivity index (χ0) is 29.6. The number of hydrogen-bond donors (Lipinski definition) is 4. The first-order valence-electron chi connectivity index (χ1n) is 12.9. The van der Waals surface area contributed by atoms with Crippen molar-refractivity contribution in [1.29, 1.82) is 0 Å². The second-order valence-corrected chi connectivity index (χ2v) is 11.9. The second-order valence-electron chi connectivity index (χ2n) is 10.5. The Bertz CT molecular complexity index is 1180. The Kier molecular flexibility index (Phi) is 11.1. The summed E-state index contributed by atoms with van der Waals surface area (Å²) in [6.45, 7) is 3.75. The van der Waals surface area contributed by atoms with Crippen molar-refractivity contribution in [3.63, 3.8) is 0 Å². The number of fused-ring (bicyclic) bond motifs is 2. The summed E-state index contributed by atoms with van der Waals surface area (Å²) >= 11 is 1.45. The van der Waals surface area contributed by atoms with E-state index < -0.39 is 36.2 Å². The van der Waals surface area contributed by atoms with E-state index >= 15 is 0 Å². The molecule has 3 amide bonds. The van der Waals surface area contributed by atoms with Crippen LogP contribution in [0, 0.1) is 11.8 Å². The fourth-order valence-electron chi connectivity index (χ4n) is 5.80. The number of carbonyl (C=O) groups is 5. The Labute approximate surface area is 283 Å². The average molecular weight is 621 g/mol. The van der Waals surface area contributed by atoms with Gasteiger partial charge < -0.3 is 45.1 Å². The number of rotatable bonds is 7. The van der Waals surface area contributed by atoms with Crippen molar-refractivity contribution < 1.29 is 101 Å². The van der Waals surface area contributed by atoms with Crippen LogP contribution in [0.1, 0.15) is 26.7 Å². The van der Waals surface area contributed by atoms with Crippen LogP contribution in [-0.2, 0) is 28.7 Å². The molecule has 0 aromatic carbocycles. The summed E-state index contributed by atoms with van der Waals surface area (Å²) in [6, 6.07) is -1.74. The van der Waals surface area contributed by atoms with E-state index in [4.69, 9.17) is 9.84 Å². The third-order valence-corrected chi connectivity index (χ3v) is 9.23. The molecule has 0 unspecified atom stereocenters. The normalized spacial score (nSPS) is 33.0. The first kappa shape index (κ1) is 34.0. The Morgan fingerprint density at radius 3 is 2.46 bits per heavy atom. The molecule has 4 fully saturated rings. The Hall–Kier alpha value is -1.50. The molecule has 0 aliphatic carbocycles. The number of carboxylic acids is 2. The van der Waals surface area contributed by atoms with Gasteiger partial charge in [0, 0.05) is 36.7 Å². The van der Waals surface area contributed by atoms with Crippen molar-refractivity contribution in [2.75, 3.05) is 27.2 Å². The van der Waals surface area contributed by atoms with Crippen LogP contribution in [0.15, 0.2) is 22.4 Å². The van der Waals surface area contributed by atoms with Gasteiger partial charge in [0.1, 0.15) is 17.5 Å². The molecule has 0 aromatic heterocycles. The molecule has 14 nitrogen and oxygen atoms in total. The molecule has 0 bridgehead atoms. The van der Waals surface area contributed by atoms with E-state index in [0.717, 1.165) is 4.90 Å². The molecule has 0 aromatic rings. The Morgan fingerprint density at radius 2 is 1.95 bits per heavy atom. The fraction of sp³-hybridized carbons (Fsp3) is 0.640. The van der Waals surface area contributed by atoms with Gasteiger partial charge in [-0.15, -0.1) is 11.8 Å². The maximum absolute atomic E-state index is 12.3. The number of likely N-dealkylation sites (N-methyl/N-ethyl adjacent to an activating group) is 1. The van der Waals surface area contributed by atoms with Crippen LogP contribution in [0.2, 0.25) is 0 Å². The molecule has 4 N–H and O–H groups in total. The van der Waals surface area contributed by atoms with Crippen molar-refractivity contribution in [3.8, 4) is 0 Å². The number of nitrogens with zero attached hydrogens (tertiary/aromatic N) is 3. The third-order valence-electron chi connectivity index (χ3n) is 7.72. The number of aliphatic hydroxyl groups is 2. The molecule has 5 aliphatic heterocycles. The predicted molar refractivity (Wildman–Crippen MR) is 136 cm³/mol. The summed E-state index contributed by atoms with van der Waals surface area (Å²) in [5.41, 5.74) is 0.0387. The SMILES string of the molecule is C[C@@H](O)[C@H]1C(=O)N2C(C(=O)O)=C(S[C@@H]3CN[C@H](C(=O)N(C)C)C3)[C@H](C)[C@H]12.O=C([O-])[C@H]1/C(=C/CO)O[C@@H]2CC(=O)N21.[K+]. The van der Waals surface area contributed by atoms with Crippen LogP contribution < -0.4 is 61.8 Å². The van der Waals surface area contributed by atoms with Crippen molar-refractivity contribution in [2.24, 2.45) is 11.8 Å². The van der Waals surface area contributed by atoms with Crippen molar-refractivity contribution >= 4 is 41.4 Å².